The third kappa shape index (κ3) is 3.00. The molecular weight excluding hydrogens is 298 g/mol. The summed E-state index contributed by atoms with van der Waals surface area (Å²) in [6.07, 6.45) is 1.84. The molecule has 0 atom stereocenters. The smallest absolute Gasteiger partial charge is 0.247 e. The molecule has 2 aromatic rings. The predicted octanol–water partition coefficient (Wildman–Crippen LogP) is 3.05. The first-order valence-corrected chi connectivity index (χ1v) is 8.75. The molecule has 4 nitrogen and oxygen atoms in total. The highest BCUT2D eigenvalue weighted by Crippen LogP contribution is 2.36. The molecule has 0 aliphatic heterocycles. The van der Waals surface area contributed by atoms with Gasteiger partial charge in [-0.15, -0.1) is 0 Å². The summed E-state index contributed by atoms with van der Waals surface area (Å²) < 4.78 is 32.9. The molecule has 0 amide bonds. The average molecular weight is 317 g/mol. The van der Waals surface area contributed by atoms with E-state index < -0.39 is 10.0 Å². The Labute approximate surface area is 131 Å². The van der Waals surface area contributed by atoms with Crippen LogP contribution in [0.3, 0.4) is 0 Å². The maximum atomic E-state index is 13.0. The van der Waals surface area contributed by atoms with Gasteiger partial charge >= 0.3 is 0 Å². The first kappa shape index (κ1) is 15.1. The number of hydrogen-bond acceptors (Lipinski definition) is 3. The van der Waals surface area contributed by atoms with Crippen LogP contribution < -0.4 is 4.74 Å². The van der Waals surface area contributed by atoms with E-state index in [-0.39, 0.29) is 10.9 Å². The van der Waals surface area contributed by atoms with Crippen LogP contribution in [0, 0.1) is 0 Å². The van der Waals surface area contributed by atoms with E-state index in [1.54, 1.807) is 28.6 Å². The summed E-state index contributed by atoms with van der Waals surface area (Å²) in [5.74, 6) is 0.390. The van der Waals surface area contributed by atoms with Crippen molar-refractivity contribution < 1.29 is 13.2 Å². The fourth-order valence-corrected chi connectivity index (χ4v) is 4.33. The summed E-state index contributed by atoms with van der Waals surface area (Å²) in [7, 11) is -2.08. The van der Waals surface area contributed by atoms with Crippen molar-refractivity contribution in [1.29, 1.82) is 0 Å². The van der Waals surface area contributed by atoms with Crippen molar-refractivity contribution >= 4 is 10.0 Å². The maximum Gasteiger partial charge on any atom is 0.247 e. The number of para-hydroxylation sites is 1. The Bertz CT molecular complexity index is 740. The summed E-state index contributed by atoms with van der Waals surface area (Å²) in [5, 5.41) is 0. The van der Waals surface area contributed by atoms with Gasteiger partial charge in [-0.25, -0.2) is 8.42 Å². The second-order valence-corrected chi connectivity index (χ2v) is 7.28. The third-order valence-electron chi connectivity index (χ3n) is 3.79. The minimum atomic E-state index is -3.57. The number of ether oxygens (including phenoxy) is 1. The zero-order valence-electron chi connectivity index (χ0n) is 12.5. The molecule has 0 bridgehead atoms. The van der Waals surface area contributed by atoms with Crippen LogP contribution in [0.5, 0.6) is 5.75 Å². The van der Waals surface area contributed by atoms with Gasteiger partial charge in [0.15, 0.2) is 0 Å². The molecule has 0 heterocycles. The molecule has 0 aromatic heterocycles. The Morgan fingerprint density at radius 2 is 1.68 bits per heavy atom. The first-order chi connectivity index (χ1) is 10.6. The van der Waals surface area contributed by atoms with Gasteiger partial charge in [0.1, 0.15) is 10.6 Å². The number of hydrogen-bond donors (Lipinski definition) is 0. The van der Waals surface area contributed by atoms with Crippen molar-refractivity contribution in [3.63, 3.8) is 0 Å². The number of benzene rings is 2. The lowest BCUT2D eigenvalue weighted by Gasteiger charge is -2.23. The van der Waals surface area contributed by atoms with E-state index in [1.165, 1.54) is 7.11 Å². The molecular formula is C17H19NO3S. The van der Waals surface area contributed by atoms with Crippen molar-refractivity contribution in [2.24, 2.45) is 0 Å². The number of methoxy groups -OCH3 is 1. The molecule has 22 heavy (non-hydrogen) atoms. The van der Waals surface area contributed by atoms with Crippen LogP contribution in [0.15, 0.2) is 59.5 Å². The molecule has 0 saturated heterocycles. The zero-order valence-corrected chi connectivity index (χ0v) is 13.3. The third-order valence-corrected chi connectivity index (χ3v) is 5.73. The highest BCUT2D eigenvalue weighted by atomic mass is 32.2. The summed E-state index contributed by atoms with van der Waals surface area (Å²) in [6.45, 7) is 0.395. The fraction of sp³-hybridized carbons (Fsp3) is 0.294. The molecule has 0 spiro atoms. The Kier molecular flexibility index (Phi) is 4.18. The van der Waals surface area contributed by atoms with E-state index in [1.807, 2.05) is 30.3 Å². The van der Waals surface area contributed by atoms with Crippen molar-refractivity contribution in [3.05, 3.63) is 60.2 Å². The van der Waals surface area contributed by atoms with Crippen molar-refractivity contribution in [2.75, 3.05) is 7.11 Å². The van der Waals surface area contributed by atoms with E-state index in [0.29, 0.717) is 12.3 Å². The predicted molar refractivity (Wildman–Crippen MR) is 85.2 cm³/mol. The summed E-state index contributed by atoms with van der Waals surface area (Å²) in [6, 6.07) is 16.6. The van der Waals surface area contributed by atoms with E-state index >= 15 is 0 Å². The SMILES string of the molecule is COc1ccccc1S(=O)(=O)N(Cc1ccccc1)C1CC1. The average Bonchev–Trinajstić information content (AvgIpc) is 3.38. The van der Waals surface area contributed by atoms with Gasteiger partial charge in [-0.1, -0.05) is 42.5 Å². The van der Waals surface area contributed by atoms with Gasteiger partial charge in [0, 0.05) is 12.6 Å². The molecule has 3 rings (SSSR count). The monoisotopic (exact) mass is 317 g/mol. The number of rotatable bonds is 6. The zero-order chi connectivity index (χ0) is 15.6. The van der Waals surface area contributed by atoms with Gasteiger partial charge in [0.05, 0.1) is 7.11 Å². The van der Waals surface area contributed by atoms with Crippen LogP contribution >= 0.6 is 0 Å². The highest BCUT2D eigenvalue weighted by Gasteiger charge is 2.39. The molecule has 1 fully saturated rings. The Balaban J connectivity index is 1.97. The van der Waals surface area contributed by atoms with Gasteiger partial charge in [0.2, 0.25) is 10.0 Å². The highest BCUT2D eigenvalue weighted by molar-refractivity contribution is 7.89. The van der Waals surface area contributed by atoms with Crippen LogP contribution in [0.2, 0.25) is 0 Å². The number of sulfonamides is 1. The van der Waals surface area contributed by atoms with Crippen LogP contribution in [0.1, 0.15) is 18.4 Å². The van der Waals surface area contributed by atoms with Gasteiger partial charge in [-0.2, -0.15) is 4.31 Å². The minimum absolute atomic E-state index is 0.0927. The molecule has 5 heteroatoms. The molecule has 1 aliphatic rings. The quantitative estimate of drug-likeness (QED) is 0.822. The molecule has 2 aromatic carbocycles. The van der Waals surface area contributed by atoms with E-state index in [2.05, 4.69) is 0 Å². The van der Waals surface area contributed by atoms with Crippen molar-refractivity contribution in [1.82, 2.24) is 4.31 Å². The molecule has 0 N–H and O–H groups in total. The largest absolute Gasteiger partial charge is 0.495 e. The lowest BCUT2D eigenvalue weighted by atomic mass is 10.2. The van der Waals surface area contributed by atoms with Gasteiger partial charge in [-0.05, 0) is 30.5 Å². The van der Waals surface area contributed by atoms with E-state index in [9.17, 15) is 8.42 Å². The topological polar surface area (TPSA) is 46.6 Å². The Morgan fingerprint density at radius 3 is 2.32 bits per heavy atom. The van der Waals surface area contributed by atoms with Crippen molar-refractivity contribution in [2.45, 2.75) is 30.3 Å². The normalized spacial score (nSPS) is 15.0. The van der Waals surface area contributed by atoms with Crippen LogP contribution in [0.4, 0.5) is 0 Å². The van der Waals surface area contributed by atoms with Crippen LogP contribution in [-0.2, 0) is 16.6 Å². The maximum absolute atomic E-state index is 13.0. The summed E-state index contributed by atoms with van der Waals surface area (Å²) >= 11 is 0. The standard InChI is InChI=1S/C17H19NO3S/c1-21-16-9-5-6-10-17(16)22(19,20)18(15-11-12-15)13-14-7-3-2-4-8-14/h2-10,15H,11-13H2,1H3. The summed E-state index contributed by atoms with van der Waals surface area (Å²) in [5.41, 5.74) is 0.993. The number of nitrogens with zero attached hydrogens (tertiary/aromatic N) is 1. The molecule has 0 unspecified atom stereocenters. The molecule has 116 valence electrons. The van der Waals surface area contributed by atoms with Crippen LogP contribution in [0.25, 0.3) is 0 Å². The Hall–Kier alpha value is -1.85. The summed E-state index contributed by atoms with van der Waals surface area (Å²) in [4.78, 5) is 0.236. The van der Waals surface area contributed by atoms with Gasteiger partial charge < -0.3 is 4.74 Å². The van der Waals surface area contributed by atoms with E-state index in [4.69, 9.17) is 4.74 Å². The Morgan fingerprint density at radius 1 is 1.05 bits per heavy atom. The molecule has 0 radical (unpaired) electrons. The lowest BCUT2D eigenvalue weighted by molar-refractivity contribution is 0.381. The molecule has 1 aliphatic carbocycles. The lowest BCUT2D eigenvalue weighted by Crippen LogP contribution is -2.32. The van der Waals surface area contributed by atoms with E-state index in [0.717, 1.165) is 18.4 Å². The second-order valence-electron chi connectivity index (χ2n) is 5.42. The molecule has 1 saturated carbocycles. The minimum Gasteiger partial charge on any atom is -0.495 e. The van der Waals surface area contributed by atoms with Crippen LogP contribution in [-0.4, -0.2) is 25.9 Å². The fourth-order valence-electron chi connectivity index (χ4n) is 2.49. The van der Waals surface area contributed by atoms with Crippen molar-refractivity contribution in [3.8, 4) is 5.75 Å². The second kappa shape index (κ2) is 6.10. The van der Waals surface area contributed by atoms with Gasteiger partial charge in [0.25, 0.3) is 0 Å². The van der Waals surface area contributed by atoms with Gasteiger partial charge in [-0.3, -0.25) is 0 Å². The first-order valence-electron chi connectivity index (χ1n) is 7.31.